The third-order valence-corrected chi connectivity index (χ3v) is 4.39. The lowest BCUT2D eigenvalue weighted by Gasteiger charge is -2.38. The predicted octanol–water partition coefficient (Wildman–Crippen LogP) is 3.04. The van der Waals surface area contributed by atoms with Crippen molar-refractivity contribution in [2.24, 2.45) is 5.41 Å². The number of likely N-dealkylation sites (tertiary alicyclic amines) is 1. The first-order valence-electron chi connectivity index (χ1n) is 6.87. The summed E-state index contributed by atoms with van der Waals surface area (Å²) >= 11 is 0. The van der Waals surface area contributed by atoms with E-state index in [1.54, 1.807) is 0 Å². The molecule has 1 N–H and O–H groups in total. The highest BCUT2D eigenvalue weighted by Gasteiger charge is 2.39. The SMILES string of the molecule is CCC1(C(=O)O)CCN(Cc2c(F)cccc2F)CC1. The highest BCUT2D eigenvalue weighted by molar-refractivity contribution is 5.74. The summed E-state index contributed by atoms with van der Waals surface area (Å²) in [5, 5.41) is 9.31. The van der Waals surface area contributed by atoms with Crippen LogP contribution in [-0.2, 0) is 11.3 Å². The number of rotatable bonds is 4. The second-order valence-electron chi connectivity index (χ2n) is 5.42. The molecule has 0 aromatic heterocycles. The van der Waals surface area contributed by atoms with E-state index in [1.807, 2.05) is 11.8 Å². The third kappa shape index (κ3) is 2.82. The van der Waals surface area contributed by atoms with Crippen LogP contribution >= 0.6 is 0 Å². The van der Waals surface area contributed by atoms with E-state index in [9.17, 15) is 18.7 Å². The van der Waals surface area contributed by atoms with Gasteiger partial charge >= 0.3 is 5.97 Å². The fraction of sp³-hybridized carbons (Fsp3) is 0.533. The summed E-state index contributed by atoms with van der Waals surface area (Å²) in [6.07, 6.45) is 1.63. The van der Waals surface area contributed by atoms with E-state index in [0.717, 1.165) is 0 Å². The number of nitrogens with zero attached hydrogens (tertiary/aromatic N) is 1. The molecule has 1 fully saturated rings. The number of benzene rings is 1. The summed E-state index contributed by atoms with van der Waals surface area (Å²) in [5.74, 6) is -1.86. The largest absolute Gasteiger partial charge is 0.481 e. The van der Waals surface area contributed by atoms with Crippen LogP contribution in [0.25, 0.3) is 0 Å². The molecular weight excluding hydrogens is 264 g/mol. The molecular formula is C15H19F2NO2. The molecule has 0 aliphatic carbocycles. The smallest absolute Gasteiger partial charge is 0.309 e. The Hall–Kier alpha value is -1.49. The van der Waals surface area contributed by atoms with Crippen LogP contribution in [0.3, 0.4) is 0 Å². The first-order valence-corrected chi connectivity index (χ1v) is 6.87. The monoisotopic (exact) mass is 283 g/mol. The summed E-state index contributed by atoms with van der Waals surface area (Å²) in [6, 6.07) is 3.84. The molecule has 1 aliphatic rings. The molecule has 1 aliphatic heterocycles. The number of carbonyl (C=O) groups is 1. The summed E-state index contributed by atoms with van der Waals surface area (Å²) < 4.78 is 27.2. The van der Waals surface area contributed by atoms with E-state index >= 15 is 0 Å². The molecule has 110 valence electrons. The van der Waals surface area contributed by atoms with Crippen LogP contribution < -0.4 is 0 Å². The minimum Gasteiger partial charge on any atom is -0.481 e. The quantitative estimate of drug-likeness (QED) is 0.923. The van der Waals surface area contributed by atoms with Gasteiger partial charge in [-0.05, 0) is 44.5 Å². The maximum absolute atomic E-state index is 13.6. The van der Waals surface area contributed by atoms with Crippen molar-refractivity contribution in [2.45, 2.75) is 32.7 Å². The second kappa shape index (κ2) is 5.87. The third-order valence-electron chi connectivity index (χ3n) is 4.39. The van der Waals surface area contributed by atoms with Crippen LogP contribution in [0, 0.1) is 17.0 Å². The fourth-order valence-corrected chi connectivity index (χ4v) is 2.76. The van der Waals surface area contributed by atoms with E-state index in [2.05, 4.69) is 0 Å². The van der Waals surface area contributed by atoms with Crippen LogP contribution in [0.2, 0.25) is 0 Å². The van der Waals surface area contributed by atoms with Crippen molar-refractivity contribution >= 4 is 5.97 Å². The lowest BCUT2D eigenvalue weighted by molar-refractivity contribution is -0.152. The molecule has 0 radical (unpaired) electrons. The van der Waals surface area contributed by atoms with Crippen molar-refractivity contribution < 1.29 is 18.7 Å². The Balaban J connectivity index is 2.03. The Kier molecular flexibility index (Phi) is 4.38. The van der Waals surface area contributed by atoms with E-state index in [1.165, 1.54) is 18.2 Å². The molecule has 2 rings (SSSR count). The molecule has 0 amide bonds. The van der Waals surface area contributed by atoms with Gasteiger partial charge in [0, 0.05) is 12.1 Å². The number of halogens is 2. The van der Waals surface area contributed by atoms with Gasteiger partial charge in [0.05, 0.1) is 5.41 Å². The molecule has 1 aromatic carbocycles. The van der Waals surface area contributed by atoms with E-state index in [-0.39, 0.29) is 12.1 Å². The lowest BCUT2D eigenvalue weighted by Crippen LogP contribution is -2.43. The first kappa shape index (κ1) is 14.9. The molecule has 0 saturated carbocycles. The van der Waals surface area contributed by atoms with Crippen molar-refractivity contribution in [1.29, 1.82) is 0 Å². The van der Waals surface area contributed by atoms with Gasteiger partial charge in [-0.15, -0.1) is 0 Å². The zero-order valence-corrected chi connectivity index (χ0v) is 11.5. The van der Waals surface area contributed by atoms with E-state index < -0.39 is 23.0 Å². The maximum atomic E-state index is 13.6. The molecule has 5 heteroatoms. The number of carboxylic acids is 1. The van der Waals surface area contributed by atoms with Crippen molar-refractivity contribution in [1.82, 2.24) is 4.90 Å². The molecule has 20 heavy (non-hydrogen) atoms. The van der Waals surface area contributed by atoms with Crippen molar-refractivity contribution in [2.75, 3.05) is 13.1 Å². The second-order valence-corrected chi connectivity index (χ2v) is 5.42. The minimum atomic E-state index is -0.767. The molecule has 1 aromatic rings. The van der Waals surface area contributed by atoms with Crippen molar-refractivity contribution in [3.63, 3.8) is 0 Å². The van der Waals surface area contributed by atoms with Crippen LogP contribution in [0.15, 0.2) is 18.2 Å². The summed E-state index contributed by atoms with van der Waals surface area (Å²) in [4.78, 5) is 13.3. The van der Waals surface area contributed by atoms with Crippen LogP contribution in [0.4, 0.5) is 8.78 Å². The Morgan fingerprint density at radius 3 is 2.30 bits per heavy atom. The van der Waals surface area contributed by atoms with Gasteiger partial charge in [0.1, 0.15) is 11.6 Å². The Morgan fingerprint density at radius 1 is 1.30 bits per heavy atom. The Bertz CT molecular complexity index is 476. The van der Waals surface area contributed by atoms with Gasteiger partial charge in [-0.25, -0.2) is 8.78 Å². The molecule has 0 spiro atoms. The molecule has 1 saturated heterocycles. The Labute approximate surface area is 117 Å². The van der Waals surface area contributed by atoms with Crippen molar-refractivity contribution in [3.8, 4) is 0 Å². The summed E-state index contributed by atoms with van der Waals surface area (Å²) in [6.45, 7) is 3.17. The number of hydrogen-bond donors (Lipinski definition) is 1. The fourth-order valence-electron chi connectivity index (χ4n) is 2.76. The molecule has 1 heterocycles. The van der Waals surface area contributed by atoms with Gasteiger partial charge in [0.2, 0.25) is 0 Å². The van der Waals surface area contributed by atoms with E-state index in [4.69, 9.17) is 0 Å². The van der Waals surface area contributed by atoms with Gasteiger partial charge in [-0.3, -0.25) is 9.69 Å². The molecule has 3 nitrogen and oxygen atoms in total. The first-order chi connectivity index (χ1) is 9.48. The topological polar surface area (TPSA) is 40.5 Å². The van der Waals surface area contributed by atoms with Gasteiger partial charge < -0.3 is 5.11 Å². The molecule has 0 bridgehead atoms. The van der Waals surface area contributed by atoms with Crippen LogP contribution in [0.5, 0.6) is 0 Å². The number of carboxylic acid groups (broad SMARTS) is 1. The van der Waals surface area contributed by atoms with Gasteiger partial charge in [0.15, 0.2) is 0 Å². The summed E-state index contributed by atoms with van der Waals surface area (Å²) in [5.41, 5.74) is -0.614. The number of hydrogen-bond acceptors (Lipinski definition) is 2. The zero-order valence-electron chi connectivity index (χ0n) is 11.5. The Morgan fingerprint density at radius 2 is 1.85 bits per heavy atom. The number of aliphatic carboxylic acids is 1. The summed E-state index contributed by atoms with van der Waals surface area (Å²) in [7, 11) is 0. The van der Waals surface area contributed by atoms with Gasteiger partial charge in [0.25, 0.3) is 0 Å². The van der Waals surface area contributed by atoms with E-state index in [0.29, 0.717) is 32.4 Å². The van der Waals surface area contributed by atoms with Gasteiger partial charge in [-0.1, -0.05) is 13.0 Å². The normalized spacial score (nSPS) is 18.9. The van der Waals surface area contributed by atoms with Crippen molar-refractivity contribution in [3.05, 3.63) is 35.4 Å². The highest BCUT2D eigenvalue weighted by atomic mass is 19.1. The molecule has 0 atom stereocenters. The lowest BCUT2D eigenvalue weighted by atomic mass is 9.76. The standard InChI is InChI=1S/C15H19F2NO2/c1-2-15(14(19)20)6-8-18(9-7-15)10-11-12(16)4-3-5-13(11)17/h3-5H,2,6-10H2,1H3,(H,19,20). The maximum Gasteiger partial charge on any atom is 0.309 e. The van der Waals surface area contributed by atoms with Gasteiger partial charge in [-0.2, -0.15) is 0 Å². The zero-order chi connectivity index (χ0) is 14.8. The predicted molar refractivity (Wildman–Crippen MR) is 71.2 cm³/mol. The van der Waals surface area contributed by atoms with Crippen LogP contribution in [-0.4, -0.2) is 29.1 Å². The molecule has 0 unspecified atom stereocenters. The average molecular weight is 283 g/mol. The minimum absolute atomic E-state index is 0.0619. The highest BCUT2D eigenvalue weighted by Crippen LogP contribution is 2.35. The number of piperidine rings is 1. The van der Waals surface area contributed by atoms with Crippen LogP contribution in [0.1, 0.15) is 31.7 Å². The average Bonchev–Trinajstić information content (AvgIpc) is 2.43.